The van der Waals surface area contributed by atoms with Crippen molar-refractivity contribution in [2.75, 3.05) is 0 Å². The molecular weight excluding hydrogens is 268 g/mol. The van der Waals surface area contributed by atoms with E-state index in [4.69, 9.17) is 0 Å². The van der Waals surface area contributed by atoms with Gasteiger partial charge >= 0.3 is 6.03 Å². The molecule has 1 aromatic carbocycles. The molecule has 20 heavy (non-hydrogen) atoms. The lowest BCUT2D eigenvalue weighted by atomic mass is 10.1. The molecule has 4 heteroatoms. The number of fused-ring (bicyclic) bond motifs is 1. The Morgan fingerprint density at radius 3 is 2.95 bits per heavy atom. The zero-order chi connectivity index (χ0) is 13.9. The summed E-state index contributed by atoms with van der Waals surface area (Å²) >= 11 is 1.66. The quantitative estimate of drug-likeness (QED) is 0.885. The largest absolute Gasteiger partial charge is 0.331 e. The fourth-order valence-corrected chi connectivity index (χ4v) is 3.45. The van der Waals surface area contributed by atoms with Crippen LogP contribution in [0.1, 0.15) is 41.4 Å². The smallest absolute Gasteiger partial charge is 0.315 e. The van der Waals surface area contributed by atoms with Gasteiger partial charge in [0.1, 0.15) is 0 Å². The second-order valence-electron chi connectivity index (χ2n) is 5.14. The minimum absolute atomic E-state index is 0.0478. The van der Waals surface area contributed by atoms with Crippen LogP contribution < -0.4 is 10.6 Å². The predicted octanol–water partition coefficient (Wildman–Crippen LogP) is 3.80. The van der Waals surface area contributed by atoms with Crippen molar-refractivity contribution in [3.63, 3.8) is 0 Å². The van der Waals surface area contributed by atoms with Gasteiger partial charge in [0.05, 0.1) is 12.1 Å². The summed E-state index contributed by atoms with van der Waals surface area (Å²) in [5.74, 6) is 0. The van der Waals surface area contributed by atoms with Gasteiger partial charge in [-0.05, 0) is 42.3 Å². The highest BCUT2D eigenvalue weighted by Gasteiger charge is 2.23. The van der Waals surface area contributed by atoms with Gasteiger partial charge in [-0.1, -0.05) is 30.3 Å². The van der Waals surface area contributed by atoms with Gasteiger partial charge in [0.15, 0.2) is 0 Å². The standard InChI is InChI=1S/C16H18N2OS/c1-11(15-7-4-10-20-15)17-16(19)18-14-9-8-12-5-2-3-6-13(12)14/h2-7,10-11,14H,8-9H2,1H3,(H2,17,18,19)/t11-,14+/m0/s1. The Labute approximate surface area is 123 Å². The molecule has 1 aliphatic carbocycles. The normalized spacial score (nSPS) is 18.4. The molecule has 0 spiro atoms. The Morgan fingerprint density at radius 1 is 1.30 bits per heavy atom. The summed E-state index contributed by atoms with van der Waals surface area (Å²) in [6, 6.07) is 12.5. The number of nitrogens with one attached hydrogen (secondary N) is 2. The van der Waals surface area contributed by atoms with E-state index in [2.05, 4.69) is 28.8 Å². The summed E-state index contributed by atoms with van der Waals surface area (Å²) in [5, 5.41) is 8.11. The molecule has 1 heterocycles. The fraction of sp³-hybridized carbons (Fsp3) is 0.312. The van der Waals surface area contributed by atoms with Gasteiger partial charge in [0.2, 0.25) is 0 Å². The van der Waals surface area contributed by atoms with Gasteiger partial charge in [0, 0.05) is 4.88 Å². The fourth-order valence-electron chi connectivity index (χ4n) is 2.71. The van der Waals surface area contributed by atoms with E-state index in [1.807, 2.05) is 30.5 Å². The molecule has 1 aromatic heterocycles. The number of hydrogen-bond acceptors (Lipinski definition) is 2. The molecule has 0 radical (unpaired) electrons. The minimum atomic E-state index is -0.0902. The summed E-state index contributed by atoms with van der Waals surface area (Å²) in [5.41, 5.74) is 2.61. The second-order valence-corrected chi connectivity index (χ2v) is 6.12. The monoisotopic (exact) mass is 286 g/mol. The number of amides is 2. The van der Waals surface area contributed by atoms with Crippen molar-refractivity contribution in [2.24, 2.45) is 0 Å². The summed E-state index contributed by atoms with van der Waals surface area (Å²) in [6.07, 6.45) is 2.03. The van der Waals surface area contributed by atoms with E-state index in [9.17, 15) is 4.79 Å². The van der Waals surface area contributed by atoms with Gasteiger partial charge in [-0.2, -0.15) is 0 Å². The molecule has 0 saturated carbocycles. The van der Waals surface area contributed by atoms with E-state index >= 15 is 0 Å². The topological polar surface area (TPSA) is 41.1 Å². The summed E-state index contributed by atoms with van der Waals surface area (Å²) in [6.45, 7) is 2.01. The van der Waals surface area contributed by atoms with Gasteiger partial charge in [-0.15, -0.1) is 11.3 Å². The average molecular weight is 286 g/mol. The molecule has 0 unspecified atom stereocenters. The van der Waals surface area contributed by atoms with E-state index < -0.39 is 0 Å². The summed E-state index contributed by atoms with van der Waals surface area (Å²) in [7, 11) is 0. The van der Waals surface area contributed by atoms with E-state index in [0.717, 1.165) is 12.8 Å². The SMILES string of the molecule is C[C@H](NC(=O)N[C@@H]1CCc2ccccc21)c1cccs1. The van der Waals surface area contributed by atoms with Crippen LogP contribution in [0.3, 0.4) is 0 Å². The van der Waals surface area contributed by atoms with E-state index in [-0.39, 0.29) is 18.1 Å². The number of rotatable bonds is 3. The van der Waals surface area contributed by atoms with Crippen LogP contribution in [-0.4, -0.2) is 6.03 Å². The number of carbonyl (C=O) groups excluding carboxylic acids is 1. The highest BCUT2D eigenvalue weighted by atomic mass is 32.1. The highest BCUT2D eigenvalue weighted by Crippen LogP contribution is 2.30. The van der Waals surface area contributed by atoms with Gasteiger partial charge in [-0.3, -0.25) is 0 Å². The first kappa shape index (κ1) is 13.2. The molecule has 1 aliphatic rings. The zero-order valence-corrected chi connectivity index (χ0v) is 12.2. The third-order valence-electron chi connectivity index (χ3n) is 3.76. The van der Waals surface area contributed by atoms with Crippen molar-refractivity contribution in [1.82, 2.24) is 10.6 Å². The van der Waals surface area contributed by atoms with E-state index in [1.54, 1.807) is 11.3 Å². The lowest BCUT2D eigenvalue weighted by Crippen LogP contribution is -2.38. The molecule has 0 saturated heterocycles. The molecule has 104 valence electrons. The first-order valence-corrected chi connectivity index (χ1v) is 7.80. The van der Waals surface area contributed by atoms with Gasteiger partial charge in [-0.25, -0.2) is 4.79 Å². The molecule has 2 atom stereocenters. The van der Waals surface area contributed by atoms with Crippen LogP contribution in [0.2, 0.25) is 0 Å². The first-order chi connectivity index (χ1) is 9.74. The number of carbonyl (C=O) groups is 1. The van der Waals surface area contributed by atoms with Crippen LogP contribution in [0.5, 0.6) is 0 Å². The summed E-state index contributed by atoms with van der Waals surface area (Å²) in [4.78, 5) is 13.3. The molecule has 0 fully saturated rings. The number of thiophene rings is 1. The zero-order valence-electron chi connectivity index (χ0n) is 11.4. The third-order valence-corrected chi connectivity index (χ3v) is 4.81. The Kier molecular flexibility index (Phi) is 3.74. The molecule has 0 aliphatic heterocycles. The Balaban J connectivity index is 1.60. The molecule has 2 aromatic rings. The molecule has 3 rings (SSSR count). The molecule has 3 nitrogen and oxygen atoms in total. The van der Waals surface area contributed by atoms with Crippen LogP contribution in [0.15, 0.2) is 41.8 Å². The van der Waals surface area contributed by atoms with Crippen molar-refractivity contribution < 1.29 is 4.79 Å². The highest BCUT2D eigenvalue weighted by molar-refractivity contribution is 7.10. The molecule has 2 N–H and O–H groups in total. The molecular formula is C16H18N2OS. The average Bonchev–Trinajstić information content (AvgIpc) is 3.09. The van der Waals surface area contributed by atoms with E-state index in [1.165, 1.54) is 16.0 Å². The van der Waals surface area contributed by atoms with Crippen LogP contribution in [0.4, 0.5) is 4.79 Å². The Hall–Kier alpha value is -1.81. The number of aryl methyl sites for hydroxylation is 1. The Morgan fingerprint density at radius 2 is 2.15 bits per heavy atom. The van der Waals surface area contributed by atoms with Crippen LogP contribution in [0.25, 0.3) is 0 Å². The Bertz CT molecular complexity index is 594. The van der Waals surface area contributed by atoms with Crippen molar-refractivity contribution in [2.45, 2.75) is 31.8 Å². The van der Waals surface area contributed by atoms with E-state index in [0.29, 0.717) is 0 Å². The maximum Gasteiger partial charge on any atom is 0.315 e. The second kappa shape index (κ2) is 5.67. The number of hydrogen-bond donors (Lipinski definition) is 2. The van der Waals surface area contributed by atoms with Crippen LogP contribution in [0, 0.1) is 0 Å². The number of benzene rings is 1. The van der Waals surface area contributed by atoms with Crippen molar-refractivity contribution in [3.8, 4) is 0 Å². The molecule has 2 amide bonds. The summed E-state index contributed by atoms with van der Waals surface area (Å²) < 4.78 is 0. The maximum atomic E-state index is 12.1. The predicted molar refractivity (Wildman–Crippen MR) is 81.9 cm³/mol. The van der Waals surface area contributed by atoms with Crippen molar-refractivity contribution in [1.29, 1.82) is 0 Å². The van der Waals surface area contributed by atoms with Crippen LogP contribution >= 0.6 is 11.3 Å². The minimum Gasteiger partial charge on any atom is -0.331 e. The number of urea groups is 1. The van der Waals surface area contributed by atoms with Gasteiger partial charge in [0.25, 0.3) is 0 Å². The van der Waals surface area contributed by atoms with Gasteiger partial charge < -0.3 is 10.6 Å². The maximum absolute atomic E-state index is 12.1. The van der Waals surface area contributed by atoms with Crippen molar-refractivity contribution >= 4 is 17.4 Å². The lowest BCUT2D eigenvalue weighted by molar-refractivity contribution is 0.234. The van der Waals surface area contributed by atoms with Crippen LogP contribution in [-0.2, 0) is 6.42 Å². The first-order valence-electron chi connectivity index (χ1n) is 6.92. The molecule has 0 bridgehead atoms. The lowest BCUT2D eigenvalue weighted by Gasteiger charge is -2.17. The third kappa shape index (κ3) is 2.70. The van der Waals surface area contributed by atoms with Crippen molar-refractivity contribution in [3.05, 3.63) is 57.8 Å².